The molecule has 0 bridgehead atoms. The number of urea groups is 1. The standard InChI is InChI=1S/C23H19FN4O4/c1-32-20-7-3-2-6-18(20)25-21(29)14-28-22(30)19(26-23(28)31)13-17-5-4-12-27(17)16-10-8-15(24)9-11-16/h2-13H,14H2,1H3,(H,25,29)(H,26,31)/b19-13+. The highest BCUT2D eigenvalue weighted by Crippen LogP contribution is 2.23. The summed E-state index contributed by atoms with van der Waals surface area (Å²) in [6, 6.07) is 15.5. The molecule has 8 nitrogen and oxygen atoms in total. The van der Waals surface area contributed by atoms with Gasteiger partial charge in [0, 0.05) is 17.6 Å². The highest BCUT2D eigenvalue weighted by molar-refractivity contribution is 6.16. The highest BCUT2D eigenvalue weighted by atomic mass is 19.1. The second-order valence-corrected chi connectivity index (χ2v) is 6.91. The Bertz CT molecular complexity index is 1220. The summed E-state index contributed by atoms with van der Waals surface area (Å²) in [5.41, 5.74) is 1.75. The van der Waals surface area contributed by atoms with Crippen molar-refractivity contribution in [1.29, 1.82) is 0 Å². The van der Waals surface area contributed by atoms with E-state index in [0.29, 0.717) is 22.8 Å². The maximum atomic E-state index is 13.2. The molecular formula is C23H19FN4O4. The lowest BCUT2D eigenvalue weighted by atomic mass is 10.2. The molecule has 0 radical (unpaired) electrons. The van der Waals surface area contributed by atoms with Gasteiger partial charge in [0.1, 0.15) is 23.8 Å². The first-order valence-electron chi connectivity index (χ1n) is 9.67. The maximum Gasteiger partial charge on any atom is 0.329 e. The lowest BCUT2D eigenvalue weighted by molar-refractivity contribution is -0.127. The van der Waals surface area contributed by atoms with Crippen molar-refractivity contribution in [3.8, 4) is 11.4 Å². The molecule has 2 heterocycles. The number of halogens is 1. The van der Waals surface area contributed by atoms with Gasteiger partial charge < -0.3 is 19.9 Å². The minimum Gasteiger partial charge on any atom is -0.495 e. The summed E-state index contributed by atoms with van der Waals surface area (Å²) >= 11 is 0. The summed E-state index contributed by atoms with van der Waals surface area (Å²) in [4.78, 5) is 38.3. The molecule has 2 aromatic carbocycles. The van der Waals surface area contributed by atoms with E-state index in [0.717, 1.165) is 4.90 Å². The molecule has 1 aliphatic rings. The van der Waals surface area contributed by atoms with Gasteiger partial charge in [-0.1, -0.05) is 12.1 Å². The Morgan fingerprint density at radius 3 is 2.59 bits per heavy atom. The zero-order valence-corrected chi connectivity index (χ0v) is 17.0. The summed E-state index contributed by atoms with van der Waals surface area (Å²) in [7, 11) is 1.47. The molecule has 4 amide bonds. The number of rotatable bonds is 6. The second kappa shape index (κ2) is 8.76. The van der Waals surface area contributed by atoms with Crippen LogP contribution in [-0.4, -0.2) is 41.0 Å². The van der Waals surface area contributed by atoms with Crippen molar-refractivity contribution in [2.45, 2.75) is 0 Å². The number of imide groups is 1. The van der Waals surface area contributed by atoms with Gasteiger partial charge in [0.25, 0.3) is 5.91 Å². The smallest absolute Gasteiger partial charge is 0.329 e. The van der Waals surface area contributed by atoms with Gasteiger partial charge in [-0.15, -0.1) is 0 Å². The lowest BCUT2D eigenvalue weighted by Crippen LogP contribution is -2.38. The van der Waals surface area contributed by atoms with Crippen LogP contribution in [0.4, 0.5) is 14.9 Å². The van der Waals surface area contributed by atoms with Gasteiger partial charge in [-0.2, -0.15) is 0 Å². The number of methoxy groups -OCH3 is 1. The van der Waals surface area contributed by atoms with Crippen molar-refractivity contribution in [1.82, 2.24) is 14.8 Å². The molecule has 0 aliphatic carbocycles. The number of hydrogen-bond donors (Lipinski definition) is 2. The van der Waals surface area contributed by atoms with Crippen LogP contribution in [0.25, 0.3) is 11.8 Å². The molecule has 1 fully saturated rings. The average Bonchev–Trinajstić information content (AvgIpc) is 3.35. The van der Waals surface area contributed by atoms with Crippen LogP contribution in [0, 0.1) is 5.82 Å². The Labute approximate surface area is 182 Å². The van der Waals surface area contributed by atoms with Gasteiger partial charge in [-0.3, -0.25) is 9.59 Å². The number of aromatic nitrogens is 1. The van der Waals surface area contributed by atoms with Crippen LogP contribution in [0.1, 0.15) is 5.69 Å². The van der Waals surface area contributed by atoms with Crippen LogP contribution in [0.2, 0.25) is 0 Å². The average molecular weight is 434 g/mol. The molecule has 1 aromatic heterocycles. The number of carbonyl (C=O) groups is 3. The molecule has 162 valence electrons. The molecule has 9 heteroatoms. The predicted octanol–water partition coefficient (Wildman–Crippen LogP) is 3.16. The number of nitrogens with zero attached hydrogens (tertiary/aromatic N) is 2. The first-order chi connectivity index (χ1) is 15.5. The number of amides is 4. The third kappa shape index (κ3) is 4.22. The summed E-state index contributed by atoms with van der Waals surface area (Å²) in [5.74, 6) is -1.08. The molecule has 3 aromatic rings. The fourth-order valence-corrected chi connectivity index (χ4v) is 3.29. The topological polar surface area (TPSA) is 92.7 Å². The van der Waals surface area contributed by atoms with Gasteiger partial charge in [-0.05, 0) is 54.6 Å². The number of carbonyl (C=O) groups excluding carboxylic acids is 3. The first-order valence-corrected chi connectivity index (χ1v) is 9.67. The molecule has 0 unspecified atom stereocenters. The first kappa shape index (κ1) is 20.9. The molecular weight excluding hydrogens is 415 g/mol. The largest absolute Gasteiger partial charge is 0.495 e. The molecule has 0 atom stereocenters. The summed E-state index contributed by atoms with van der Waals surface area (Å²) in [6.07, 6.45) is 3.25. The lowest BCUT2D eigenvalue weighted by Gasteiger charge is -2.13. The van der Waals surface area contributed by atoms with E-state index in [9.17, 15) is 18.8 Å². The van der Waals surface area contributed by atoms with Crippen LogP contribution >= 0.6 is 0 Å². The molecule has 1 aliphatic heterocycles. The van der Waals surface area contributed by atoms with E-state index in [4.69, 9.17) is 4.74 Å². The fourth-order valence-electron chi connectivity index (χ4n) is 3.29. The van der Waals surface area contributed by atoms with Crippen molar-refractivity contribution in [3.05, 3.63) is 84.1 Å². The van der Waals surface area contributed by atoms with Gasteiger partial charge in [0.2, 0.25) is 5.91 Å². The third-order valence-electron chi connectivity index (χ3n) is 4.82. The van der Waals surface area contributed by atoms with Crippen molar-refractivity contribution in [2.24, 2.45) is 0 Å². The second-order valence-electron chi connectivity index (χ2n) is 6.91. The van der Waals surface area contributed by atoms with Crippen LogP contribution < -0.4 is 15.4 Å². The SMILES string of the molecule is COc1ccccc1NC(=O)CN1C(=O)N/C(=C/c2cccn2-c2ccc(F)cc2)C1=O. The molecule has 0 spiro atoms. The minimum atomic E-state index is -0.698. The molecule has 0 saturated carbocycles. The zero-order valence-electron chi connectivity index (χ0n) is 17.0. The number of benzene rings is 2. The van der Waals surface area contributed by atoms with E-state index in [2.05, 4.69) is 10.6 Å². The fraction of sp³-hybridized carbons (Fsp3) is 0.0870. The summed E-state index contributed by atoms with van der Waals surface area (Å²) < 4.78 is 20.1. The zero-order chi connectivity index (χ0) is 22.7. The molecule has 2 N–H and O–H groups in total. The minimum absolute atomic E-state index is 0.0298. The van der Waals surface area contributed by atoms with Gasteiger partial charge in [-0.25, -0.2) is 14.1 Å². The number of nitrogens with one attached hydrogen (secondary N) is 2. The third-order valence-corrected chi connectivity index (χ3v) is 4.82. The summed E-state index contributed by atoms with van der Waals surface area (Å²) in [5, 5.41) is 5.13. The van der Waals surface area contributed by atoms with Crippen LogP contribution in [0.3, 0.4) is 0 Å². The molecule has 1 saturated heterocycles. The van der Waals surface area contributed by atoms with E-state index in [1.54, 1.807) is 59.3 Å². The van der Waals surface area contributed by atoms with Gasteiger partial charge in [0.05, 0.1) is 12.8 Å². The maximum absolute atomic E-state index is 13.2. The van der Waals surface area contributed by atoms with Crippen molar-refractivity contribution in [3.63, 3.8) is 0 Å². The van der Waals surface area contributed by atoms with E-state index in [-0.39, 0.29) is 11.5 Å². The Morgan fingerprint density at radius 2 is 1.84 bits per heavy atom. The van der Waals surface area contributed by atoms with Crippen molar-refractivity contribution < 1.29 is 23.5 Å². The monoisotopic (exact) mass is 434 g/mol. The molecule has 32 heavy (non-hydrogen) atoms. The normalized spacial score (nSPS) is 14.6. The van der Waals surface area contributed by atoms with E-state index >= 15 is 0 Å². The van der Waals surface area contributed by atoms with Crippen molar-refractivity contribution >= 4 is 29.6 Å². The van der Waals surface area contributed by atoms with E-state index < -0.39 is 24.4 Å². The van der Waals surface area contributed by atoms with Crippen LogP contribution in [-0.2, 0) is 9.59 Å². The van der Waals surface area contributed by atoms with E-state index in [1.165, 1.54) is 25.3 Å². The highest BCUT2D eigenvalue weighted by Gasteiger charge is 2.35. The molecule has 4 rings (SSSR count). The Balaban J connectivity index is 1.50. The van der Waals surface area contributed by atoms with Crippen molar-refractivity contribution in [2.75, 3.05) is 19.0 Å². The summed E-state index contributed by atoms with van der Waals surface area (Å²) in [6.45, 7) is -0.459. The number of para-hydroxylation sites is 2. The Hall–Kier alpha value is -4.40. The van der Waals surface area contributed by atoms with Crippen LogP contribution in [0.5, 0.6) is 5.75 Å². The van der Waals surface area contributed by atoms with Gasteiger partial charge >= 0.3 is 6.03 Å². The number of anilines is 1. The quantitative estimate of drug-likeness (QED) is 0.461. The number of hydrogen-bond acceptors (Lipinski definition) is 4. The van der Waals surface area contributed by atoms with E-state index in [1.807, 2.05) is 0 Å². The Morgan fingerprint density at radius 1 is 1.09 bits per heavy atom. The Kier molecular flexibility index (Phi) is 5.71. The van der Waals surface area contributed by atoms with Crippen LogP contribution in [0.15, 0.2) is 72.6 Å². The van der Waals surface area contributed by atoms with Gasteiger partial charge in [0.15, 0.2) is 0 Å². The predicted molar refractivity (Wildman–Crippen MR) is 116 cm³/mol. The number of ether oxygens (including phenoxy) is 1.